The molecule has 1 aromatic carbocycles. The number of nitrogens with one attached hydrogen (secondary N) is 1. The van der Waals surface area contributed by atoms with Crippen LogP contribution in [-0.4, -0.2) is 48.1 Å². The lowest BCUT2D eigenvalue weighted by Gasteiger charge is -2.19. The Morgan fingerprint density at radius 3 is 2.67 bits per heavy atom. The maximum absolute atomic E-state index is 13.0. The lowest BCUT2D eigenvalue weighted by atomic mass is 10.3. The first-order valence-corrected chi connectivity index (χ1v) is 10.4. The molecule has 9 heteroatoms. The molecule has 27 heavy (non-hydrogen) atoms. The predicted octanol–water partition coefficient (Wildman–Crippen LogP) is 2.01. The van der Waals surface area contributed by atoms with Gasteiger partial charge < -0.3 is 10.1 Å². The Bertz CT molecular complexity index is 917. The van der Waals surface area contributed by atoms with Gasteiger partial charge in [-0.2, -0.15) is 9.40 Å². The molecule has 1 N–H and O–H groups in total. The van der Waals surface area contributed by atoms with Crippen molar-refractivity contribution in [1.29, 1.82) is 0 Å². The summed E-state index contributed by atoms with van der Waals surface area (Å²) >= 11 is 0. The zero-order chi connectivity index (χ0) is 19.4. The van der Waals surface area contributed by atoms with Crippen LogP contribution >= 0.6 is 0 Å². The van der Waals surface area contributed by atoms with Crippen molar-refractivity contribution < 1.29 is 17.9 Å². The largest absolute Gasteiger partial charge is 0.492 e. The number of ether oxygens (including phenoxy) is 1. The minimum Gasteiger partial charge on any atom is -0.492 e. The molecule has 0 unspecified atom stereocenters. The number of amides is 1. The maximum Gasteiger partial charge on any atom is 0.246 e. The van der Waals surface area contributed by atoms with Gasteiger partial charge in [-0.3, -0.25) is 9.48 Å². The third-order valence-electron chi connectivity index (χ3n) is 4.28. The lowest BCUT2D eigenvalue weighted by molar-refractivity contribution is -0.116. The molecule has 1 aliphatic rings. The Labute approximate surface area is 159 Å². The average Bonchev–Trinajstić information content (AvgIpc) is 3.28. The molecule has 0 atom stereocenters. The highest BCUT2D eigenvalue weighted by Crippen LogP contribution is 2.31. The van der Waals surface area contributed by atoms with E-state index in [1.165, 1.54) is 15.1 Å². The highest BCUT2D eigenvalue weighted by atomic mass is 32.2. The van der Waals surface area contributed by atoms with E-state index in [0.717, 1.165) is 18.4 Å². The van der Waals surface area contributed by atoms with E-state index in [9.17, 15) is 13.2 Å². The summed E-state index contributed by atoms with van der Waals surface area (Å²) in [6, 6.07) is 4.69. The maximum atomic E-state index is 13.0. The van der Waals surface area contributed by atoms with E-state index in [1.807, 2.05) is 6.92 Å². The van der Waals surface area contributed by atoms with Gasteiger partial charge in [0.1, 0.15) is 17.2 Å². The first-order chi connectivity index (χ1) is 12.9. The van der Waals surface area contributed by atoms with Gasteiger partial charge in [-0.15, -0.1) is 0 Å². The minimum atomic E-state index is -3.67. The van der Waals surface area contributed by atoms with Crippen LogP contribution in [0.25, 0.3) is 0 Å². The Morgan fingerprint density at radius 1 is 1.30 bits per heavy atom. The fourth-order valence-electron chi connectivity index (χ4n) is 3.03. The number of aromatic nitrogens is 2. The molecule has 2 heterocycles. The quantitative estimate of drug-likeness (QED) is 0.778. The van der Waals surface area contributed by atoms with Crippen LogP contribution in [0.2, 0.25) is 0 Å². The smallest absolute Gasteiger partial charge is 0.246 e. The van der Waals surface area contributed by atoms with Gasteiger partial charge >= 0.3 is 0 Å². The van der Waals surface area contributed by atoms with E-state index in [-0.39, 0.29) is 17.3 Å². The zero-order valence-corrected chi connectivity index (χ0v) is 16.3. The molecule has 1 amide bonds. The van der Waals surface area contributed by atoms with Gasteiger partial charge in [0.15, 0.2) is 0 Å². The van der Waals surface area contributed by atoms with Crippen molar-refractivity contribution in [3.05, 3.63) is 36.2 Å². The molecular weight excluding hydrogens is 368 g/mol. The van der Waals surface area contributed by atoms with Crippen molar-refractivity contribution in [2.24, 2.45) is 0 Å². The van der Waals surface area contributed by atoms with Gasteiger partial charge in [-0.1, -0.05) is 0 Å². The predicted molar refractivity (Wildman–Crippen MR) is 101 cm³/mol. The van der Waals surface area contributed by atoms with Crippen LogP contribution in [0.15, 0.2) is 35.5 Å². The molecule has 0 bridgehead atoms. The van der Waals surface area contributed by atoms with Crippen LogP contribution in [0.1, 0.15) is 25.3 Å². The van der Waals surface area contributed by atoms with Crippen molar-refractivity contribution >= 4 is 21.6 Å². The third-order valence-corrected chi connectivity index (χ3v) is 6.20. The fraction of sp³-hybridized carbons (Fsp3) is 0.444. The van der Waals surface area contributed by atoms with Gasteiger partial charge in [-0.05, 0) is 50.5 Å². The van der Waals surface area contributed by atoms with Crippen molar-refractivity contribution in [2.75, 3.05) is 25.0 Å². The molecule has 0 saturated carbocycles. The molecule has 146 valence electrons. The number of carbonyl (C=O) groups excluding carboxylic acids is 1. The summed E-state index contributed by atoms with van der Waals surface area (Å²) in [5, 5.41) is 6.81. The van der Waals surface area contributed by atoms with E-state index >= 15 is 0 Å². The van der Waals surface area contributed by atoms with Gasteiger partial charge in [-0.25, -0.2) is 8.42 Å². The Balaban J connectivity index is 1.83. The van der Waals surface area contributed by atoms with E-state index in [0.29, 0.717) is 31.1 Å². The Morgan fingerprint density at radius 2 is 2.04 bits per heavy atom. The van der Waals surface area contributed by atoms with E-state index in [4.69, 9.17) is 4.74 Å². The summed E-state index contributed by atoms with van der Waals surface area (Å²) < 4.78 is 34.5. The summed E-state index contributed by atoms with van der Waals surface area (Å²) in [5.41, 5.74) is 1.37. The van der Waals surface area contributed by atoms with Crippen molar-refractivity contribution in [1.82, 2.24) is 14.1 Å². The number of rotatable bonds is 7. The topological polar surface area (TPSA) is 93.5 Å². The molecular formula is C18H24N4O4S. The molecule has 8 nitrogen and oxygen atoms in total. The van der Waals surface area contributed by atoms with Crippen LogP contribution in [0.4, 0.5) is 5.69 Å². The molecule has 1 fully saturated rings. The molecule has 1 saturated heterocycles. The number of hydrogen-bond donors (Lipinski definition) is 1. The van der Waals surface area contributed by atoms with Crippen LogP contribution in [-0.2, 0) is 21.4 Å². The molecule has 1 aliphatic heterocycles. The lowest BCUT2D eigenvalue weighted by Crippen LogP contribution is -2.28. The number of sulfonamides is 1. The minimum absolute atomic E-state index is 0.0509. The molecule has 0 spiro atoms. The second kappa shape index (κ2) is 8.10. The third kappa shape index (κ3) is 4.48. The van der Waals surface area contributed by atoms with Crippen molar-refractivity contribution in [3.63, 3.8) is 0 Å². The highest BCUT2D eigenvalue weighted by molar-refractivity contribution is 7.89. The molecule has 0 radical (unpaired) electrons. The normalized spacial score (nSPS) is 15.0. The summed E-state index contributed by atoms with van der Waals surface area (Å²) in [6.07, 6.45) is 5.14. The van der Waals surface area contributed by atoms with Gasteiger partial charge in [0.2, 0.25) is 15.9 Å². The standard InChI is InChI=1S/C18H24N4O4S/c1-3-26-16-7-6-15(20-18(23)13-21-12-14(2)11-19-21)10-17(16)27(24,25)22-8-4-5-9-22/h6-7,10-12H,3-5,8-9,13H2,1-2H3,(H,20,23). The number of nitrogens with zero attached hydrogens (tertiary/aromatic N) is 3. The van der Waals surface area contributed by atoms with Gasteiger partial charge in [0, 0.05) is 25.0 Å². The Hall–Kier alpha value is -2.39. The monoisotopic (exact) mass is 392 g/mol. The zero-order valence-electron chi connectivity index (χ0n) is 15.5. The highest BCUT2D eigenvalue weighted by Gasteiger charge is 2.30. The van der Waals surface area contributed by atoms with Gasteiger partial charge in [0.05, 0.1) is 12.8 Å². The summed E-state index contributed by atoms with van der Waals surface area (Å²) in [7, 11) is -3.67. The molecule has 3 rings (SSSR count). The summed E-state index contributed by atoms with van der Waals surface area (Å²) in [5.74, 6) is 0.0110. The number of carbonyl (C=O) groups is 1. The van der Waals surface area contributed by atoms with Crippen LogP contribution < -0.4 is 10.1 Å². The number of aryl methyl sites for hydroxylation is 1. The van der Waals surface area contributed by atoms with Crippen LogP contribution in [0.3, 0.4) is 0 Å². The van der Waals surface area contributed by atoms with Crippen molar-refractivity contribution in [3.8, 4) is 5.75 Å². The van der Waals surface area contributed by atoms with Gasteiger partial charge in [0.25, 0.3) is 0 Å². The molecule has 1 aromatic heterocycles. The van der Waals surface area contributed by atoms with Crippen molar-refractivity contribution in [2.45, 2.75) is 38.1 Å². The average molecular weight is 392 g/mol. The Kier molecular flexibility index (Phi) is 5.81. The van der Waals surface area contributed by atoms with E-state index in [1.54, 1.807) is 31.5 Å². The molecule has 2 aromatic rings. The van der Waals surface area contributed by atoms with E-state index < -0.39 is 10.0 Å². The second-order valence-electron chi connectivity index (χ2n) is 6.47. The van der Waals surface area contributed by atoms with Crippen LogP contribution in [0, 0.1) is 6.92 Å². The number of anilines is 1. The summed E-state index contributed by atoms with van der Waals surface area (Å²) in [4.78, 5) is 12.3. The first kappa shape index (κ1) is 19.4. The second-order valence-corrected chi connectivity index (χ2v) is 8.38. The first-order valence-electron chi connectivity index (χ1n) is 8.96. The molecule has 0 aliphatic carbocycles. The number of benzene rings is 1. The number of hydrogen-bond acceptors (Lipinski definition) is 5. The van der Waals surface area contributed by atoms with E-state index in [2.05, 4.69) is 10.4 Å². The SMILES string of the molecule is CCOc1ccc(NC(=O)Cn2cc(C)cn2)cc1S(=O)(=O)N1CCCC1. The summed E-state index contributed by atoms with van der Waals surface area (Å²) in [6.45, 7) is 5.10. The fourth-order valence-corrected chi connectivity index (χ4v) is 4.70. The van der Waals surface area contributed by atoms with Crippen LogP contribution in [0.5, 0.6) is 5.75 Å².